The summed E-state index contributed by atoms with van der Waals surface area (Å²) in [5.41, 5.74) is 3.91. The summed E-state index contributed by atoms with van der Waals surface area (Å²) in [6.45, 7) is 7.47. The molecule has 0 unspecified atom stereocenters. The lowest BCUT2D eigenvalue weighted by Crippen LogP contribution is -2.16. The Kier molecular flexibility index (Phi) is 4.47. The highest BCUT2D eigenvalue weighted by Crippen LogP contribution is 2.30. The first-order chi connectivity index (χ1) is 10.2. The molecule has 0 aliphatic rings. The molecule has 0 atom stereocenters. The zero-order valence-corrected chi connectivity index (χ0v) is 14.3. The number of sulfonamides is 1. The highest BCUT2D eigenvalue weighted by molar-refractivity contribution is 7.92. The first-order valence-electron chi connectivity index (χ1n) is 7.00. The Balaban J connectivity index is 2.52. The molecule has 0 heterocycles. The van der Waals surface area contributed by atoms with Gasteiger partial charge in [-0.2, -0.15) is 0 Å². The van der Waals surface area contributed by atoms with Crippen molar-refractivity contribution in [3.05, 3.63) is 52.6 Å². The van der Waals surface area contributed by atoms with Crippen molar-refractivity contribution < 1.29 is 13.2 Å². The monoisotopic (exact) mass is 319 g/mol. The Labute approximate surface area is 132 Å². The molecule has 1 N–H and O–H groups in total. The summed E-state index contributed by atoms with van der Waals surface area (Å²) >= 11 is 0. The molecule has 4 nitrogen and oxygen atoms in total. The molecule has 0 bridgehead atoms. The Morgan fingerprint density at radius 2 is 1.50 bits per heavy atom. The first kappa shape index (κ1) is 16.4. The summed E-state index contributed by atoms with van der Waals surface area (Å²) in [5.74, 6) is 0.497. The van der Waals surface area contributed by atoms with Crippen LogP contribution in [0.25, 0.3) is 0 Å². The topological polar surface area (TPSA) is 55.4 Å². The molecule has 0 aromatic heterocycles. The van der Waals surface area contributed by atoms with E-state index < -0.39 is 10.0 Å². The van der Waals surface area contributed by atoms with Crippen LogP contribution in [0, 0.1) is 27.7 Å². The maximum atomic E-state index is 12.8. The fraction of sp³-hybridized carbons (Fsp3) is 0.294. The van der Waals surface area contributed by atoms with E-state index in [0.717, 1.165) is 22.3 Å². The number of ether oxygens (including phenoxy) is 1. The summed E-state index contributed by atoms with van der Waals surface area (Å²) in [6.07, 6.45) is 0. The molecule has 0 saturated carbocycles. The standard InChI is InChI=1S/C17H21NO3S/c1-11-6-7-16(21-5)15(10-11)18-22(19,20)17-13(3)8-12(2)9-14(17)4/h6-10,18H,1-5H3. The van der Waals surface area contributed by atoms with Crippen molar-refractivity contribution in [3.8, 4) is 5.75 Å². The van der Waals surface area contributed by atoms with Gasteiger partial charge in [-0.25, -0.2) is 8.42 Å². The molecule has 118 valence electrons. The highest BCUT2D eigenvalue weighted by atomic mass is 32.2. The molecule has 2 aromatic rings. The predicted octanol–water partition coefficient (Wildman–Crippen LogP) is 3.73. The van der Waals surface area contributed by atoms with Gasteiger partial charge in [0, 0.05) is 0 Å². The van der Waals surface area contributed by atoms with Gasteiger partial charge in [0.25, 0.3) is 10.0 Å². The minimum Gasteiger partial charge on any atom is -0.495 e. The maximum Gasteiger partial charge on any atom is 0.262 e. The van der Waals surface area contributed by atoms with E-state index >= 15 is 0 Å². The van der Waals surface area contributed by atoms with Crippen LogP contribution in [0.3, 0.4) is 0 Å². The summed E-state index contributed by atoms with van der Waals surface area (Å²) in [5, 5.41) is 0. The molecule has 0 saturated heterocycles. The lowest BCUT2D eigenvalue weighted by Gasteiger charge is -2.16. The summed E-state index contributed by atoms with van der Waals surface area (Å²) in [7, 11) is -2.15. The zero-order valence-electron chi connectivity index (χ0n) is 13.5. The molecule has 2 aromatic carbocycles. The van der Waals surface area contributed by atoms with Gasteiger partial charge >= 0.3 is 0 Å². The molecule has 0 fully saturated rings. The third kappa shape index (κ3) is 3.25. The van der Waals surface area contributed by atoms with Crippen LogP contribution in [0.4, 0.5) is 5.69 Å². The largest absolute Gasteiger partial charge is 0.495 e. The fourth-order valence-electron chi connectivity index (χ4n) is 2.69. The van der Waals surface area contributed by atoms with Gasteiger partial charge in [0.1, 0.15) is 5.75 Å². The summed E-state index contributed by atoms with van der Waals surface area (Å²) in [6, 6.07) is 9.13. The molecule has 0 aliphatic carbocycles. The van der Waals surface area contributed by atoms with Crippen molar-refractivity contribution in [2.45, 2.75) is 32.6 Å². The average molecular weight is 319 g/mol. The number of aryl methyl sites for hydroxylation is 4. The SMILES string of the molecule is COc1ccc(C)cc1NS(=O)(=O)c1c(C)cc(C)cc1C. The number of anilines is 1. The van der Waals surface area contributed by atoms with Gasteiger partial charge in [0.15, 0.2) is 0 Å². The van der Waals surface area contributed by atoms with Gasteiger partial charge in [-0.3, -0.25) is 4.72 Å². The highest BCUT2D eigenvalue weighted by Gasteiger charge is 2.21. The van der Waals surface area contributed by atoms with Crippen LogP contribution in [-0.4, -0.2) is 15.5 Å². The molecule has 22 heavy (non-hydrogen) atoms. The second-order valence-electron chi connectivity index (χ2n) is 5.54. The van der Waals surface area contributed by atoms with Crippen LogP contribution in [-0.2, 0) is 10.0 Å². The molecule has 0 amide bonds. The fourth-order valence-corrected chi connectivity index (χ4v) is 4.20. The molecule has 2 rings (SSSR count). The second kappa shape index (κ2) is 6.01. The van der Waals surface area contributed by atoms with E-state index in [9.17, 15) is 8.42 Å². The quantitative estimate of drug-likeness (QED) is 0.934. The number of nitrogens with one attached hydrogen (secondary N) is 1. The third-order valence-corrected chi connectivity index (χ3v) is 5.14. The first-order valence-corrected chi connectivity index (χ1v) is 8.48. The molecular formula is C17H21NO3S. The molecule has 5 heteroatoms. The average Bonchev–Trinajstić information content (AvgIpc) is 2.36. The lowest BCUT2D eigenvalue weighted by atomic mass is 10.1. The molecule has 0 aliphatic heterocycles. The zero-order chi connectivity index (χ0) is 16.5. The number of benzene rings is 2. The number of hydrogen-bond donors (Lipinski definition) is 1. The number of hydrogen-bond acceptors (Lipinski definition) is 3. The predicted molar refractivity (Wildman–Crippen MR) is 89.2 cm³/mol. The van der Waals surface area contributed by atoms with Crippen LogP contribution in [0.15, 0.2) is 35.2 Å². The van der Waals surface area contributed by atoms with Crippen LogP contribution in [0.1, 0.15) is 22.3 Å². The van der Waals surface area contributed by atoms with Gasteiger partial charge in [-0.1, -0.05) is 23.8 Å². The van der Waals surface area contributed by atoms with Crippen LogP contribution in [0.2, 0.25) is 0 Å². The Morgan fingerprint density at radius 3 is 2.05 bits per heavy atom. The Bertz CT molecular complexity index is 788. The van der Waals surface area contributed by atoms with E-state index in [1.165, 1.54) is 7.11 Å². The van der Waals surface area contributed by atoms with E-state index in [2.05, 4.69) is 4.72 Å². The maximum absolute atomic E-state index is 12.8. The minimum atomic E-state index is -3.67. The second-order valence-corrected chi connectivity index (χ2v) is 7.16. The van der Waals surface area contributed by atoms with Crippen molar-refractivity contribution in [2.24, 2.45) is 0 Å². The van der Waals surface area contributed by atoms with Crippen LogP contribution in [0.5, 0.6) is 5.75 Å². The van der Waals surface area contributed by atoms with Gasteiger partial charge in [0.05, 0.1) is 17.7 Å². The summed E-state index contributed by atoms with van der Waals surface area (Å²) < 4.78 is 33.4. The molecule has 0 spiro atoms. The van der Waals surface area contributed by atoms with Crippen LogP contribution >= 0.6 is 0 Å². The van der Waals surface area contributed by atoms with Crippen LogP contribution < -0.4 is 9.46 Å². The summed E-state index contributed by atoms with van der Waals surface area (Å²) in [4.78, 5) is 0.321. The number of rotatable bonds is 4. The number of methoxy groups -OCH3 is 1. The van der Waals surface area contributed by atoms with E-state index in [-0.39, 0.29) is 0 Å². The van der Waals surface area contributed by atoms with Crippen molar-refractivity contribution in [1.29, 1.82) is 0 Å². The van der Waals surface area contributed by atoms with Gasteiger partial charge in [0.2, 0.25) is 0 Å². The van der Waals surface area contributed by atoms with Crippen molar-refractivity contribution >= 4 is 15.7 Å². The smallest absolute Gasteiger partial charge is 0.262 e. The van der Waals surface area contributed by atoms with E-state index in [4.69, 9.17) is 4.74 Å². The Morgan fingerprint density at radius 1 is 0.909 bits per heavy atom. The molecular weight excluding hydrogens is 298 g/mol. The third-order valence-electron chi connectivity index (χ3n) is 3.47. The van der Waals surface area contributed by atoms with Crippen molar-refractivity contribution in [1.82, 2.24) is 0 Å². The van der Waals surface area contributed by atoms with Gasteiger partial charge < -0.3 is 4.74 Å². The van der Waals surface area contributed by atoms with Crippen molar-refractivity contribution in [3.63, 3.8) is 0 Å². The molecule has 0 radical (unpaired) electrons. The van der Waals surface area contributed by atoms with Gasteiger partial charge in [-0.15, -0.1) is 0 Å². The Hall–Kier alpha value is -2.01. The van der Waals surface area contributed by atoms with Gasteiger partial charge in [-0.05, 0) is 56.5 Å². The van der Waals surface area contributed by atoms with E-state index in [1.54, 1.807) is 12.1 Å². The lowest BCUT2D eigenvalue weighted by molar-refractivity contribution is 0.417. The van der Waals surface area contributed by atoms with E-state index in [0.29, 0.717) is 16.3 Å². The normalized spacial score (nSPS) is 11.3. The van der Waals surface area contributed by atoms with Crippen molar-refractivity contribution in [2.75, 3.05) is 11.8 Å². The van der Waals surface area contributed by atoms with E-state index in [1.807, 2.05) is 45.9 Å². The minimum absolute atomic E-state index is 0.321.